The number of hydrogen-bond donors (Lipinski definition) is 2. The van der Waals surface area contributed by atoms with Gasteiger partial charge >= 0.3 is 0 Å². The Morgan fingerprint density at radius 2 is 2.00 bits per heavy atom. The third kappa shape index (κ3) is 4.65. The highest BCUT2D eigenvalue weighted by Crippen LogP contribution is 2.65. The number of aryl methyl sites for hydroxylation is 1. The number of unbranched alkanes of at least 4 members (excludes halogenated alkanes) is 1. The molecule has 2 aliphatic rings. The van der Waals surface area contributed by atoms with Gasteiger partial charge in [0.15, 0.2) is 5.82 Å². The summed E-state index contributed by atoms with van der Waals surface area (Å²) in [5.74, 6) is -0.254. The van der Waals surface area contributed by atoms with Crippen molar-refractivity contribution in [3.8, 4) is 5.75 Å². The molecule has 3 aromatic rings. The molecule has 0 amide bonds. The molecule has 2 fully saturated rings. The van der Waals surface area contributed by atoms with E-state index in [2.05, 4.69) is 46.4 Å². The first-order valence-electron chi connectivity index (χ1n) is 12.5. The highest BCUT2D eigenvalue weighted by molar-refractivity contribution is 5.86. The van der Waals surface area contributed by atoms with E-state index in [1.54, 1.807) is 13.3 Å². The Bertz CT molecular complexity index is 1220. The lowest BCUT2D eigenvalue weighted by Crippen LogP contribution is -2.53. The van der Waals surface area contributed by atoms with E-state index in [1.807, 2.05) is 4.68 Å². The minimum absolute atomic E-state index is 0.0697. The van der Waals surface area contributed by atoms with E-state index in [0.717, 1.165) is 61.0 Å². The number of nitrogens with one attached hydrogen (secondary N) is 1. The first-order chi connectivity index (χ1) is 16.7. The van der Waals surface area contributed by atoms with Crippen LogP contribution < -0.4 is 15.8 Å². The molecule has 1 spiro atoms. The van der Waals surface area contributed by atoms with Crippen LogP contribution in [0.15, 0.2) is 18.3 Å². The molecule has 35 heavy (non-hydrogen) atoms. The fourth-order valence-corrected chi connectivity index (χ4v) is 6.13. The Hall–Kier alpha value is -2.97. The van der Waals surface area contributed by atoms with Crippen molar-refractivity contribution in [1.82, 2.24) is 19.7 Å². The van der Waals surface area contributed by atoms with Gasteiger partial charge in [0.2, 0.25) is 11.9 Å². The second kappa shape index (κ2) is 8.91. The van der Waals surface area contributed by atoms with Crippen molar-refractivity contribution >= 4 is 22.8 Å². The van der Waals surface area contributed by atoms with Gasteiger partial charge in [-0.1, -0.05) is 19.4 Å². The quantitative estimate of drug-likeness (QED) is 0.398. The zero-order valence-electron chi connectivity index (χ0n) is 20.7. The number of methoxy groups -OCH3 is 1. The van der Waals surface area contributed by atoms with Crippen LogP contribution in [0.5, 0.6) is 5.75 Å². The minimum Gasteiger partial charge on any atom is -0.496 e. The number of rotatable bonds is 9. The van der Waals surface area contributed by atoms with Gasteiger partial charge in [0.1, 0.15) is 16.8 Å². The van der Waals surface area contributed by atoms with Gasteiger partial charge < -0.3 is 15.8 Å². The molecule has 7 nitrogen and oxygen atoms in total. The van der Waals surface area contributed by atoms with Gasteiger partial charge in [-0.05, 0) is 61.1 Å². The molecule has 0 bridgehead atoms. The summed E-state index contributed by atoms with van der Waals surface area (Å²) in [6.07, 6.45) is 6.66. The van der Waals surface area contributed by atoms with Crippen LogP contribution in [0.2, 0.25) is 0 Å². The maximum Gasteiger partial charge on any atom is 0.249 e. The summed E-state index contributed by atoms with van der Waals surface area (Å²) < 4.78 is 34.3. The number of ether oxygens (including phenoxy) is 1. The zero-order valence-corrected chi connectivity index (χ0v) is 20.7. The highest BCUT2D eigenvalue weighted by Gasteiger charge is 2.61. The summed E-state index contributed by atoms with van der Waals surface area (Å²) >= 11 is 0. The number of alkyl halides is 2. The first kappa shape index (κ1) is 23.8. The summed E-state index contributed by atoms with van der Waals surface area (Å²) in [5.41, 5.74) is 10.7. The number of anilines is 2. The van der Waals surface area contributed by atoms with E-state index in [-0.39, 0.29) is 24.2 Å². The van der Waals surface area contributed by atoms with Crippen LogP contribution in [0.25, 0.3) is 11.0 Å². The average Bonchev–Trinajstić information content (AvgIpc) is 3.15. The minimum atomic E-state index is -2.44. The summed E-state index contributed by atoms with van der Waals surface area (Å²) in [6, 6.07) is 4.28. The van der Waals surface area contributed by atoms with Crippen LogP contribution in [0.4, 0.5) is 20.5 Å². The average molecular weight is 485 g/mol. The van der Waals surface area contributed by atoms with Crippen LogP contribution in [-0.2, 0) is 13.0 Å². The van der Waals surface area contributed by atoms with Crippen LogP contribution in [0.3, 0.4) is 0 Å². The molecule has 1 aromatic carbocycles. The number of nitrogens with zero attached hydrogens (tertiary/aromatic N) is 4. The molecule has 2 heterocycles. The van der Waals surface area contributed by atoms with E-state index < -0.39 is 5.92 Å². The number of fused-ring (bicyclic) bond motifs is 1. The van der Waals surface area contributed by atoms with E-state index >= 15 is 0 Å². The standard InChI is InChI=1S/C26H34F2N6O/c1-4-5-6-30-23-22-20(32-24(29)33-23)12-31-34(22)13-19-16(2)7-17(9-21(19)35-3)8-18-10-25(11-18)14-26(27,28)15-25/h7,9,12,18H,4-6,8,10-11,13-15H2,1-3H3,(H3,29,30,32,33). The normalized spacial score (nSPS) is 18.4. The molecule has 3 N–H and O–H groups in total. The third-order valence-corrected chi connectivity index (χ3v) is 7.58. The lowest BCUT2D eigenvalue weighted by Gasteiger charge is -2.57. The van der Waals surface area contributed by atoms with Crippen molar-refractivity contribution in [1.29, 1.82) is 0 Å². The van der Waals surface area contributed by atoms with E-state index in [0.29, 0.717) is 23.8 Å². The van der Waals surface area contributed by atoms with Crippen molar-refractivity contribution < 1.29 is 13.5 Å². The molecule has 2 aliphatic carbocycles. The molecular formula is C26H34F2N6O. The van der Waals surface area contributed by atoms with Gasteiger partial charge in [-0.3, -0.25) is 4.68 Å². The molecule has 0 saturated heterocycles. The SMILES string of the molecule is CCCCNc1nc(N)nc2cnn(Cc3c(C)cc(CC4CC5(C4)CC(F)(F)C5)cc3OC)c12. The van der Waals surface area contributed by atoms with E-state index in [9.17, 15) is 8.78 Å². The van der Waals surface area contributed by atoms with Crippen molar-refractivity contribution in [2.24, 2.45) is 11.3 Å². The number of aromatic nitrogens is 4. The monoisotopic (exact) mass is 484 g/mol. The topological polar surface area (TPSA) is 90.9 Å². The van der Waals surface area contributed by atoms with Gasteiger partial charge in [-0.25, -0.2) is 13.8 Å². The predicted molar refractivity (Wildman–Crippen MR) is 133 cm³/mol. The lowest BCUT2D eigenvalue weighted by molar-refractivity contribution is -0.206. The maximum atomic E-state index is 13.3. The molecular weight excluding hydrogens is 450 g/mol. The molecule has 0 unspecified atom stereocenters. The Morgan fingerprint density at radius 1 is 1.23 bits per heavy atom. The molecule has 5 rings (SSSR count). The number of nitrogen functional groups attached to an aromatic ring is 1. The number of hydrogen-bond acceptors (Lipinski definition) is 6. The maximum absolute atomic E-state index is 13.3. The van der Waals surface area contributed by atoms with Gasteiger partial charge in [0.25, 0.3) is 0 Å². The third-order valence-electron chi connectivity index (χ3n) is 7.58. The molecule has 0 radical (unpaired) electrons. The van der Waals surface area contributed by atoms with Crippen LogP contribution in [0.1, 0.15) is 62.1 Å². The van der Waals surface area contributed by atoms with Crippen LogP contribution in [0, 0.1) is 18.3 Å². The largest absolute Gasteiger partial charge is 0.496 e. The van der Waals surface area contributed by atoms with Crippen LogP contribution in [-0.4, -0.2) is 39.3 Å². The van der Waals surface area contributed by atoms with Crippen LogP contribution >= 0.6 is 0 Å². The van der Waals surface area contributed by atoms with Gasteiger partial charge in [0.05, 0.1) is 19.9 Å². The molecule has 2 saturated carbocycles. The summed E-state index contributed by atoms with van der Waals surface area (Å²) in [7, 11) is 1.68. The molecule has 0 atom stereocenters. The van der Waals surface area contributed by atoms with Crippen molar-refractivity contribution in [2.45, 2.75) is 71.3 Å². The fourth-order valence-electron chi connectivity index (χ4n) is 6.13. The lowest BCUT2D eigenvalue weighted by atomic mass is 9.49. The summed E-state index contributed by atoms with van der Waals surface area (Å²) in [4.78, 5) is 8.78. The van der Waals surface area contributed by atoms with Crippen molar-refractivity contribution in [3.05, 3.63) is 35.0 Å². The van der Waals surface area contributed by atoms with Crippen molar-refractivity contribution in [2.75, 3.05) is 24.7 Å². The molecule has 188 valence electrons. The Kier molecular flexibility index (Phi) is 6.05. The molecule has 9 heteroatoms. The summed E-state index contributed by atoms with van der Waals surface area (Å²) in [5, 5.41) is 7.96. The molecule has 0 aliphatic heterocycles. The van der Waals surface area contributed by atoms with E-state index in [4.69, 9.17) is 10.5 Å². The smallest absolute Gasteiger partial charge is 0.249 e. The van der Waals surface area contributed by atoms with Crippen molar-refractivity contribution in [3.63, 3.8) is 0 Å². The Labute approximate surface area is 204 Å². The van der Waals surface area contributed by atoms with Gasteiger partial charge in [-0.2, -0.15) is 10.1 Å². The van der Waals surface area contributed by atoms with Gasteiger partial charge in [0, 0.05) is 24.9 Å². The second-order valence-corrected chi connectivity index (χ2v) is 10.5. The van der Waals surface area contributed by atoms with E-state index in [1.165, 1.54) is 5.56 Å². The Balaban J connectivity index is 1.35. The zero-order chi connectivity index (χ0) is 24.8. The predicted octanol–water partition coefficient (Wildman–Crippen LogP) is 5.35. The second-order valence-electron chi connectivity index (χ2n) is 10.5. The number of benzene rings is 1. The summed E-state index contributed by atoms with van der Waals surface area (Å²) in [6.45, 7) is 5.53. The van der Waals surface area contributed by atoms with Gasteiger partial charge in [-0.15, -0.1) is 0 Å². The Morgan fingerprint density at radius 3 is 2.69 bits per heavy atom. The number of halogens is 2. The first-order valence-corrected chi connectivity index (χ1v) is 12.5. The molecule has 2 aromatic heterocycles. The number of nitrogens with two attached hydrogens (primary N) is 1. The fraction of sp³-hybridized carbons (Fsp3) is 0.577. The highest BCUT2D eigenvalue weighted by atomic mass is 19.3.